The maximum Gasteiger partial charge on any atom is 0.253 e. The lowest BCUT2D eigenvalue weighted by Gasteiger charge is -2.27. The highest BCUT2D eigenvalue weighted by atomic mass is 16.5. The molecule has 2 saturated heterocycles. The van der Waals surface area contributed by atoms with Gasteiger partial charge in [-0.25, -0.2) is 4.98 Å². The maximum absolute atomic E-state index is 12.9. The van der Waals surface area contributed by atoms with Crippen LogP contribution < -0.4 is 4.74 Å². The van der Waals surface area contributed by atoms with Crippen molar-refractivity contribution in [3.63, 3.8) is 0 Å². The second-order valence-electron chi connectivity index (χ2n) is 10.1. The molecule has 194 valence electrons. The molecule has 0 radical (unpaired) electrons. The first kappa shape index (κ1) is 24.2. The number of benzene rings is 2. The monoisotopic (exact) mass is 509 g/mol. The van der Waals surface area contributed by atoms with Gasteiger partial charge in [0.25, 0.3) is 5.91 Å². The van der Waals surface area contributed by atoms with Crippen LogP contribution in [0.5, 0.6) is 11.5 Å². The predicted molar refractivity (Wildman–Crippen MR) is 145 cm³/mol. The van der Waals surface area contributed by atoms with Gasteiger partial charge >= 0.3 is 0 Å². The minimum Gasteiger partial charge on any atom is -0.457 e. The van der Waals surface area contributed by atoms with Crippen LogP contribution in [0.1, 0.15) is 61.0 Å². The number of ether oxygens (including phenoxy) is 1. The third kappa shape index (κ3) is 4.74. The van der Waals surface area contributed by atoms with Crippen LogP contribution in [0.4, 0.5) is 0 Å². The van der Waals surface area contributed by atoms with Crippen molar-refractivity contribution in [3.05, 3.63) is 71.9 Å². The first-order valence-electron chi connectivity index (χ1n) is 13.4. The SMILES string of the molecule is CC(=O)N1CCCC1c1cc2[nH]c(-c3ccccn3)nc2cc1Oc1ccc(C(=O)N2CCCCC2)cc1. The van der Waals surface area contributed by atoms with Crippen LogP contribution in [-0.4, -0.2) is 56.2 Å². The quantitative estimate of drug-likeness (QED) is 0.371. The number of pyridine rings is 1. The lowest BCUT2D eigenvalue weighted by molar-refractivity contribution is -0.129. The van der Waals surface area contributed by atoms with E-state index in [0.29, 0.717) is 22.9 Å². The van der Waals surface area contributed by atoms with Crippen molar-refractivity contribution in [2.24, 2.45) is 0 Å². The summed E-state index contributed by atoms with van der Waals surface area (Å²) in [6.07, 6.45) is 6.86. The standard InChI is InChI=1S/C30H31N5O3/c1-20(36)35-17-7-9-27(35)23-18-25-26(33-29(32-25)24-8-3-4-14-31-24)19-28(23)38-22-12-10-21(11-13-22)30(37)34-15-5-2-6-16-34/h3-4,8,10-14,18-19,27H,2,5-7,9,15-17H2,1H3,(H,32,33). The highest BCUT2D eigenvalue weighted by Gasteiger charge is 2.31. The van der Waals surface area contributed by atoms with Crippen molar-refractivity contribution >= 4 is 22.8 Å². The summed E-state index contributed by atoms with van der Waals surface area (Å²) in [5, 5.41) is 0. The Balaban J connectivity index is 1.34. The largest absolute Gasteiger partial charge is 0.457 e. The van der Waals surface area contributed by atoms with Gasteiger partial charge < -0.3 is 19.5 Å². The maximum atomic E-state index is 12.9. The normalized spacial score (nSPS) is 17.7. The molecule has 2 amide bonds. The molecule has 2 aromatic heterocycles. The van der Waals surface area contributed by atoms with Crippen molar-refractivity contribution in [2.45, 2.75) is 45.1 Å². The molecule has 6 rings (SSSR count). The molecular weight excluding hydrogens is 478 g/mol. The second-order valence-corrected chi connectivity index (χ2v) is 10.1. The fourth-order valence-electron chi connectivity index (χ4n) is 5.57. The van der Waals surface area contributed by atoms with Crippen molar-refractivity contribution < 1.29 is 14.3 Å². The first-order valence-corrected chi connectivity index (χ1v) is 13.4. The van der Waals surface area contributed by atoms with Crippen LogP contribution in [0.2, 0.25) is 0 Å². The Morgan fingerprint density at radius 1 is 0.974 bits per heavy atom. The van der Waals surface area contributed by atoms with Gasteiger partial charge in [-0.1, -0.05) is 6.07 Å². The number of rotatable bonds is 5. The van der Waals surface area contributed by atoms with Crippen molar-refractivity contribution in [1.82, 2.24) is 24.8 Å². The number of carbonyl (C=O) groups is 2. The molecule has 2 aromatic carbocycles. The molecule has 0 saturated carbocycles. The predicted octanol–water partition coefficient (Wildman–Crippen LogP) is 5.73. The van der Waals surface area contributed by atoms with Gasteiger partial charge in [0.05, 0.1) is 17.1 Å². The summed E-state index contributed by atoms with van der Waals surface area (Å²) in [4.78, 5) is 41.7. The number of carbonyl (C=O) groups excluding carboxylic acids is 2. The van der Waals surface area contributed by atoms with E-state index in [1.54, 1.807) is 13.1 Å². The molecule has 1 N–H and O–H groups in total. The van der Waals surface area contributed by atoms with E-state index in [0.717, 1.165) is 67.6 Å². The molecular formula is C30H31N5O3. The highest BCUT2D eigenvalue weighted by molar-refractivity contribution is 5.94. The topological polar surface area (TPSA) is 91.4 Å². The van der Waals surface area contributed by atoms with Crippen molar-refractivity contribution in [2.75, 3.05) is 19.6 Å². The van der Waals surface area contributed by atoms with Crippen molar-refractivity contribution in [1.29, 1.82) is 0 Å². The lowest BCUT2D eigenvalue weighted by atomic mass is 10.0. The van der Waals surface area contributed by atoms with Crippen LogP contribution in [0.25, 0.3) is 22.6 Å². The summed E-state index contributed by atoms with van der Waals surface area (Å²) < 4.78 is 6.42. The smallest absolute Gasteiger partial charge is 0.253 e. The van der Waals surface area contributed by atoms with E-state index in [9.17, 15) is 9.59 Å². The molecule has 2 aliphatic heterocycles. The molecule has 1 atom stereocenters. The third-order valence-corrected chi connectivity index (χ3v) is 7.51. The number of H-pyrrole nitrogens is 1. The Bertz CT molecular complexity index is 1460. The van der Waals surface area contributed by atoms with Crippen LogP contribution in [0, 0.1) is 0 Å². The number of aromatic amines is 1. The van der Waals surface area contributed by atoms with Gasteiger partial charge in [-0.15, -0.1) is 0 Å². The van der Waals surface area contributed by atoms with Gasteiger partial charge in [0, 0.05) is 49.9 Å². The van der Waals surface area contributed by atoms with E-state index in [2.05, 4.69) is 9.97 Å². The summed E-state index contributed by atoms with van der Waals surface area (Å²) in [5.41, 5.74) is 3.99. The van der Waals surface area contributed by atoms with E-state index in [1.807, 2.05) is 64.4 Å². The number of likely N-dealkylation sites (tertiary alicyclic amines) is 2. The molecule has 0 bridgehead atoms. The van der Waals surface area contributed by atoms with Gasteiger partial charge in [0.1, 0.15) is 17.2 Å². The molecule has 4 aromatic rings. The van der Waals surface area contributed by atoms with Gasteiger partial charge in [-0.05, 0) is 74.6 Å². The number of fused-ring (bicyclic) bond motifs is 1. The number of hydrogen-bond donors (Lipinski definition) is 1. The van der Waals surface area contributed by atoms with Crippen LogP contribution in [0.3, 0.4) is 0 Å². The second kappa shape index (κ2) is 10.3. The number of imidazole rings is 1. The molecule has 8 heteroatoms. The zero-order chi connectivity index (χ0) is 26.1. The molecule has 2 fully saturated rings. The Morgan fingerprint density at radius 2 is 1.79 bits per heavy atom. The molecule has 2 aliphatic rings. The molecule has 8 nitrogen and oxygen atoms in total. The zero-order valence-corrected chi connectivity index (χ0v) is 21.5. The molecule has 0 aliphatic carbocycles. The highest BCUT2D eigenvalue weighted by Crippen LogP contribution is 2.41. The van der Waals surface area contributed by atoms with Crippen LogP contribution in [-0.2, 0) is 4.79 Å². The van der Waals surface area contributed by atoms with E-state index >= 15 is 0 Å². The molecule has 38 heavy (non-hydrogen) atoms. The minimum absolute atomic E-state index is 0.0536. The first-order chi connectivity index (χ1) is 18.6. The summed E-state index contributed by atoms with van der Waals surface area (Å²) in [5.74, 6) is 2.09. The summed E-state index contributed by atoms with van der Waals surface area (Å²) in [6.45, 7) is 3.98. The van der Waals surface area contributed by atoms with E-state index < -0.39 is 0 Å². The van der Waals surface area contributed by atoms with Crippen LogP contribution in [0.15, 0.2) is 60.8 Å². The Morgan fingerprint density at radius 3 is 2.53 bits per heavy atom. The molecule has 4 heterocycles. The van der Waals surface area contributed by atoms with Gasteiger partial charge in [-0.3, -0.25) is 14.6 Å². The van der Waals surface area contributed by atoms with Gasteiger partial charge in [0.2, 0.25) is 5.91 Å². The van der Waals surface area contributed by atoms with Crippen LogP contribution >= 0.6 is 0 Å². The summed E-state index contributed by atoms with van der Waals surface area (Å²) in [6, 6.07) is 17.0. The Labute approximate surface area is 221 Å². The summed E-state index contributed by atoms with van der Waals surface area (Å²) in [7, 11) is 0. The number of amides is 2. The van der Waals surface area contributed by atoms with Gasteiger partial charge in [0.15, 0.2) is 5.82 Å². The van der Waals surface area contributed by atoms with E-state index in [-0.39, 0.29) is 17.9 Å². The zero-order valence-electron chi connectivity index (χ0n) is 21.5. The molecule has 1 unspecified atom stereocenters. The third-order valence-electron chi connectivity index (χ3n) is 7.51. The van der Waals surface area contributed by atoms with E-state index in [4.69, 9.17) is 9.72 Å². The van der Waals surface area contributed by atoms with Gasteiger partial charge in [-0.2, -0.15) is 0 Å². The number of hydrogen-bond acceptors (Lipinski definition) is 5. The Hall–Kier alpha value is -4.20. The number of nitrogens with zero attached hydrogens (tertiary/aromatic N) is 4. The average Bonchev–Trinajstić information content (AvgIpc) is 3.61. The molecule has 0 spiro atoms. The fraction of sp³-hybridized carbons (Fsp3) is 0.333. The average molecular weight is 510 g/mol. The number of nitrogens with one attached hydrogen (secondary N) is 1. The fourth-order valence-corrected chi connectivity index (χ4v) is 5.57. The van der Waals surface area contributed by atoms with Crippen molar-refractivity contribution in [3.8, 4) is 23.0 Å². The number of aromatic nitrogens is 3. The summed E-state index contributed by atoms with van der Waals surface area (Å²) >= 11 is 0. The van der Waals surface area contributed by atoms with E-state index in [1.165, 1.54) is 6.42 Å². The Kier molecular flexibility index (Phi) is 6.54. The lowest BCUT2D eigenvalue weighted by Crippen LogP contribution is -2.35. The number of piperidine rings is 1. The minimum atomic E-state index is -0.0755.